The lowest BCUT2D eigenvalue weighted by Crippen LogP contribution is -2.11. The molecule has 0 N–H and O–H groups in total. The second-order valence-electron chi connectivity index (χ2n) is 8.48. The Bertz CT molecular complexity index is 1410. The highest BCUT2D eigenvalue weighted by molar-refractivity contribution is 9.10. The van der Waals surface area contributed by atoms with Gasteiger partial charge in [-0.1, -0.05) is 76.6 Å². The zero-order valence-corrected chi connectivity index (χ0v) is 24.4. The number of halogens is 1. The van der Waals surface area contributed by atoms with Gasteiger partial charge in [-0.2, -0.15) is 0 Å². The molecule has 0 saturated carbocycles. The highest BCUT2D eigenvalue weighted by Crippen LogP contribution is 2.44. The van der Waals surface area contributed by atoms with Crippen molar-refractivity contribution in [2.75, 3.05) is 28.4 Å². The van der Waals surface area contributed by atoms with E-state index < -0.39 is 0 Å². The molecule has 4 aromatic carbocycles. The number of aryl methyl sites for hydroxylation is 1. The lowest BCUT2D eigenvalue weighted by Gasteiger charge is -2.19. The number of ketones is 2. The van der Waals surface area contributed by atoms with Gasteiger partial charge in [0.05, 0.1) is 39.6 Å². The van der Waals surface area contributed by atoms with Crippen LogP contribution < -0.4 is 18.9 Å². The van der Waals surface area contributed by atoms with Gasteiger partial charge >= 0.3 is 0 Å². The number of benzene rings is 4. The topological polar surface area (TPSA) is 71.1 Å². The summed E-state index contributed by atoms with van der Waals surface area (Å²) >= 11 is 3.47. The van der Waals surface area contributed by atoms with E-state index in [1.807, 2.05) is 80.6 Å². The number of carbonyl (C=O) groups excluding carboxylic acids is 2. The van der Waals surface area contributed by atoms with Crippen molar-refractivity contribution >= 4 is 27.5 Å². The molecule has 39 heavy (non-hydrogen) atoms. The van der Waals surface area contributed by atoms with Gasteiger partial charge < -0.3 is 18.9 Å². The van der Waals surface area contributed by atoms with E-state index in [0.717, 1.165) is 26.7 Å². The molecular weight excluding hydrogens is 560 g/mol. The van der Waals surface area contributed by atoms with Crippen LogP contribution in [0.4, 0.5) is 0 Å². The van der Waals surface area contributed by atoms with Crippen LogP contribution in [0.2, 0.25) is 0 Å². The van der Waals surface area contributed by atoms with Crippen LogP contribution in [0.15, 0.2) is 83.3 Å². The number of hydrogen-bond acceptors (Lipinski definition) is 6. The fraction of sp³-hybridized carbons (Fsp3) is 0.188. The van der Waals surface area contributed by atoms with Crippen LogP contribution in [-0.4, -0.2) is 40.0 Å². The molecule has 4 rings (SSSR count). The van der Waals surface area contributed by atoms with E-state index in [9.17, 15) is 9.59 Å². The summed E-state index contributed by atoms with van der Waals surface area (Å²) in [5.74, 6) is 1.60. The van der Waals surface area contributed by atoms with E-state index in [2.05, 4.69) is 15.9 Å². The van der Waals surface area contributed by atoms with E-state index in [1.165, 1.54) is 21.3 Å². The third-order valence-electron chi connectivity index (χ3n) is 6.13. The van der Waals surface area contributed by atoms with Gasteiger partial charge in [-0.3, -0.25) is 9.59 Å². The van der Waals surface area contributed by atoms with Crippen LogP contribution in [-0.2, 0) is 0 Å². The normalized spacial score (nSPS) is 10.1. The molecule has 0 aliphatic rings. The Hall–Kier alpha value is -4.10. The summed E-state index contributed by atoms with van der Waals surface area (Å²) in [7, 11) is 6.09. The van der Waals surface area contributed by atoms with E-state index >= 15 is 0 Å². The zero-order valence-electron chi connectivity index (χ0n) is 22.8. The number of carbonyl (C=O) groups is 2. The first kappa shape index (κ1) is 29.5. The van der Waals surface area contributed by atoms with Gasteiger partial charge in [0.1, 0.15) is 5.75 Å². The minimum atomic E-state index is -0.203. The second-order valence-corrected chi connectivity index (χ2v) is 9.33. The van der Waals surface area contributed by atoms with Gasteiger partial charge in [0.25, 0.3) is 0 Å². The van der Waals surface area contributed by atoms with Crippen LogP contribution in [0, 0.1) is 13.8 Å². The summed E-state index contributed by atoms with van der Waals surface area (Å²) in [5, 5.41) is 0. The molecular formula is C32H31BrO6. The summed E-state index contributed by atoms with van der Waals surface area (Å²) in [5.41, 5.74) is 3.88. The number of rotatable bonds is 8. The number of methoxy groups -OCH3 is 4. The molecule has 0 aromatic heterocycles. The third kappa shape index (κ3) is 6.49. The zero-order chi connectivity index (χ0) is 28.5. The first-order chi connectivity index (χ1) is 18.8. The maximum absolute atomic E-state index is 13.4. The molecule has 7 heteroatoms. The molecule has 0 heterocycles. The summed E-state index contributed by atoms with van der Waals surface area (Å²) < 4.78 is 22.5. The quantitative estimate of drug-likeness (QED) is 0.201. The lowest BCUT2D eigenvalue weighted by atomic mass is 9.93. The monoisotopic (exact) mass is 590 g/mol. The third-order valence-corrected chi connectivity index (χ3v) is 6.99. The highest BCUT2D eigenvalue weighted by Gasteiger charge is 2.28. The molecule has 0 saturated heterocycles. The lowest BCUT2D eigenvalue weighted by molar-refractivity contribution is 0.102. The van der Waals surface area contributed by atoms with Gasteiger partial charge in [0, 0.05) is 15.6 Å². The standard InChI is InChI=1S/C19H21BrO5.C13H10O/c1-10-9-14(23-4)18(24-5)19(25-6)15(10)17(21)16-11(2)12(20)7-8-13(16)22-3;14-13(11-7-3-1-4-8-11)12-9-5-2-6-10-12/h7-9H,1-6H3;1-10H. The average molecular weight is 591 g/mol. The number of ether oxygens (including phenoxy) is 4. The van der Waals surface area contributed by atoms with E-state index in [1.54, 1.807) is 19.2 Å². The smallest absolute Gasteiger partial charge is 0.204 e. The second kappa shape index (κ2) is 13.6. The van der Waals surface area contributed by atoms with Crippen molar-refractivity contribution in [2.24, 2.45) is 0 Å². The first-order valence-electron chi connectivity index (χ1n) is 12.1. The molecule has 4 aromatic rings. The molecule has 0 bridgehead atoms. The van der Waals surface area contributed by atoms with Gasteiger partial charge in [-0.15, -0.1) is 0 Å². The minimum absolute atomic E-state index is 0.0752. The van der Waals surface area contributed by atoms with Gasteiger partial charge in [0.15, 0.2) is 17.3 Å². The molecule has 0 atom stereocenters. The Morgan fingerprint density at radius 1 is 0.590 bits per heavy atom. The van der Waals surface area contributed by atoms with Gasteiger partial charge in [-0.25, -0.2) is 0 Å². The van der Waals surface area contributed by atoms with Gasteiger partial charge in [0.2, 0.25) is 11.5 Å². The van der Waals surface area contributed by atoms with Crippen molar-refractivity contribution < 1.29 is 28.5 Å². The Morgan fingerprint density at radius 3 is 1.56 bits per heavy atom. The maximum atomic E-state index is 13.4. The molecule has 202 valence electrons. The Morgan fingerprint density at radius 2 is 1.10 bits per heavy atom. The van der Waals surface area contributed by atoms with Crippen LogP contribution in [0.3, 0.4) is 0 Å². The average Bonchev–Trinajstić information content (AvgIpc) is 2.98. The predicted molar refractivity (Wildman–Crippen MR) is 156 cm³/mol. The van der Waals surface area contributed by atoms with Crippen molar-refractivity contribution in [3.05, 3.63) is 117 Å². The van der Waals surface area contributed by atoms with Crippen molar-refractivity contribution in [1.29, 1.82) is 0 Å². The SMILES string of the molecule is COc1cc(C)c(C(=O)c2c(OC)ccc(Br)c2C)c(OC)c1OC.O=C(c1ccccc1)c1ccccc1. The highest BCUT2D eigenvalue weighted by atomic mass is 79.9. The first-order valence-corrected chi connectivity index (χ1v) is 12.9. The molecule has 0 unspecified atom stereocenters. The van der Waals surface area contributed by atoms with E-state index in [4.69, 9.17) is 18.9 Å². The Balaban J connectivity index is 0.000000252. The molecule has 0 radical (unpaired) electrons. The summed E-state index contributed by atoms with van der Waals surface area (Å²) in [6, 6.07) is 24.0. The molecule has 6 nitrogen and oxygen atoms in total. The largest absolute Gasteiger partial charge is 0.496 e. The van der Waals surface area contributed by atoms with Crippen molar-refractivity contribution in [3.63, 3.8) is 0 Å². The fourth-order valence-corrected chi connectivity index (χ4v) is 4.48. The van der Waals surface area contributed by atoms with Crippen LogP contribution >= 0.6 is 15.9 Å². The Labute approximate surface area is 237 Å². The van der Waals surface area contributed by atoms with Crippen molar-refractivity contribution in [2.45, 2.75) is 13.8 Å². The summed E-state index contributed by atoms with van der Waals surface area (Å²) in [6.45, 7) is 3.69. The Kier molecular flexibility index (Phi) is 10.3. The summed E-state index contributed by atoms with van der Waals surface area (Å²) in [6.07, 6.45) is 0. The van der Waals surface area contributed by atoms with Crippen molar-refractivity contribution in [3.8, 4) is 23.0 Å². The van der Waals surface area contributed by atoms with Crippen LogP contribution in [0.25, 0.3) is 0 Å². The summed E-state index contributed by atoms with van der Waals surface area (Å²) in [4.78, 5) is 25.2. The number of hydrogen-bond donors (Lipinski definition) is 0. The molecule has 0 amide bonds. The predicted octanol–water partition coefficient (Wildman–Crippen LogP) is 7.25. The molecule has 0 aliphatic heterocycles. The maximum Gasteiger partial charge on any atom is 0.204 e. The van der Waals surface area contributed by atoms with Crippen molar-refractivity contribution in [1.82, 2.24) is 0 Å². The molecule has 0 fully saturated rings. The molecule has 0 spiro atoms. The van der Waals surface area contributed by atoms with Crippen LogP contribution in [0.5, 0.6) is 23.0 Å². The van der Waals surface area contributed by atoms with Gasteiger partial charge in [-0.05, 0) is 43.2 Å². The minimum Gasteiger partial charge on any atom is -0.496 e. The fourth-order valence-electron chi connectivity index (χ4n) is 4.15. The molecule has 0 aliphatic carbocycles. The van der Waals surface area contributed by atoms with Crippen LogP contribution in [0.1, 0.15) is 43.0 Å². The van der Waals surface area contributed by atoms with E-state index in [-0.39, 0.29) is 11.6 Å². The van der Waals surface area contributed by atoms with E-state index in [0.29, 0.717) is 34.1 Å².